The first-order valence-corrected chi connectivity index (χ1v) is 8.09. The summed E-state index contributed by atoms with van der Waals surface area (Å²) in [6.45, 7) is 10.1. The zero-order valence-electron chi connectivity index (χ0n) is 13.2. The molecule has 1 atom stereocenters. The van der Waals surface area contributed by atoms with E-state index in [1.54, 1.807) is 0 Å². The highest BCUT2D eigenvalue weighted by Crippen LogP contribution is 2.31. The highest BCUT2D eigenvalue weighted by molar-refractivity contribution is 7.80. The molecule has 0 aromatic carbocycles. The molecule has 5 heteroatoms. The third kappa shape index (κ3) is 4.16. The molecule has 1 rings (SSSR count). The second-order valence-corrected chi connectivity index (χ2v) is 6.60. The predicted molar refractivity (Wildman–Crippen MR) is 87.7 cm³/mol. The van der Waals surface area contributed by atoms with Crippen molar-refractivity contribution in [3.05, 3.63) is 0 Å². The van der Waals surface area contributed by atoms with Crippen LogP contribution >= 0.6 is 12.2 Å². The van der Waals surface area contributed by atoms with Crippen LogP contribution in [0.3, 0.4) is 0 Å². The number of amides is 1. The number of thiocarbonyl (C=S) groups is 1. The van der Waals surface area contributed by atoms with Crippen LogP contribution in [0.25, 0.3) is 0 Å². The van der Waals surface area contributed by atoms with Crippen molar-refractivity contribution in [1.82, 2.24) is 10.2 Å². The minimum Gasteiger partial charge on any atom is -0.393 e. The summed E-state index contributed by atoms with van der Waals surface area (Å²) in [7, 11) is 0. The molecule has 116 valence electrons. The molecule has 1 heterocycles. The quantitative estimate of drug-likeness (QED) is 0.737. The number of carbonyl (C=O) groups excluding carboxylic acids is 1. The number of likely N-dealkylation sites (tertiary alicyclic amines) is 1. The number of hydrogen-bond donors (Lipinski definition) is 2. The van der Waals surface area contributed by atoms with Crippen LogP contribution in [0.1, 0.15) is 53.4 Å². The SMILES string of the molecule is CCC(CC)NC(=O)C(C)N1CCC(C)(C(N)=S)CC1. The van der Waals surface area contributed by atoms with Gasteiger partial charge >= 0.3 is 0 Å². The van der Waals surface area contributed by atoms with Crippen LogP contribution in [0, 0.1) is 5.41 Å². The van der Waals surface area contributed by atoms with Crippen molar-refractivity contribution in [2.45, 2.75) is 65.5 Å². The number of rotatable bonds is 6. The molecule has 0 aliphatic carbocycles. The fourth-order valence-corrected chi connectivity index (χ4v) is 2.84. The largest absolute Gasteiger partial charge is 0.393 e. The zero-order valence-corrected chi connectivity index (χ0v) is 14.1. The van der Waals surface area contributed by atoms with Crippen molar-refractivity contribution in [1.29, 1.82) is 0 Å². The molecule has 1 unspecified atom stereocenters. The lowest BCUT2D eigenvalue weighted by Gasteiger charge is -2.41. The van der Waals surface area contributed by atoms with Gasteiger partial charge in [0.25, 0.3) is 0 Å². The van der Waals surface area contributed by atoms with Gasteiger partial charge in [-0.15, -0.1) is 0 Å². The van der Waals surface area contributed by atoms with Crippen LogP contribution in [0.2, 0.25) is 0 Å². The molecular weight excluding hydrogens is 270 g/mol. The van der Waals surface area contributed by atoms with E-state index in [9.17, 15) is 4.79 Å². The van der Waals surface area contributed by atoms with Crippen LogP contribution in [0.15, 0.2) is 0 Å². The Kier molecular flexibility index (Phi) is 6.40. The van der Waals surface area contributed by atoms with E-state index in [1.165, 1.54) is 0 Å². The Morgan fingerprint density at radius 1 is 1.35 bits per heavy atom. The zero-order chi connectivity index (χ0) is 15.3. The van der Waals surface area contributed by atoms with E-state index in [-0.39, 0.29) is 23.4 Å². The van der Waals surface area contributed by atoms with Crippen LogP contribution < -0.4 is 11.1 Å². The Morgan fingerprint density at radius 2 is 1.85 bits per heavy atom. The van der Waals surface area contributed by atoms with Gasteiger partial charge < -0.3 is 11.1 Å². The van der Waals surface area contributed by atoms with Gasteiger partial charge in [-0.05, 0) is 45.7 Å². The van der Waals surface area contributed by atoms with Gasteiger partial charge in [0, 0.05) is 11.5 Å². The van der Waals surface area contributed by atoms with Crippen molar-refractivity contribution >= 4 is 23.1 Å². The van der Waals surface area contributed by atoms with Crippen LogP contribution in [-0.4, -0.2) is 41.0 Å². The highest BCUT2D eigenvalue weighted by atomic mass is 32.1. The van der Waals surface area contributed by atoms with Crippen LogP contribution in [0.4, 0.5) is 0 Å². The lowest BCUT2D eigenvalue weighted by atomic mass is 9.80. The van der Waals surface area contributed by atoms with Gasteiger partial charge in [-0.2, -0.15) is 0 Å². The first-order chi connectivity index (χ1) is 9.34. The molecule has 0 spiro atoms. The minimum atomic E-state index is -0.0773. The predicted octanol–water partition coefficient (Wildman–Crippen LogP) is 2.07. The van der Waals surface area contributed by atoms with Crippen molar-refractivity contribution in [2.75, 3.05) is 13.1 Å². The lowest BCUT2D eigenvalue weighted by Crippen LogP contribution is -2.53. The molecule has 0 aromatic heterocycles. The first kappa shape index (κ1) is 17.4. The standard InChI is InChI=1S/C15H29N3OS/c1-5-12(6-2)17-13(19)11(3)18-9-7-15(4,8-10-18)14(16)20/h11-12H,5-10H2,1-4H3,(H2,16,20)(H,17,19). The molecule has 3 N–H and O–H groups in total. The summed E-state index contributed by atoms with van der Waals surface area (Å²) in [6, 6.07) is 0.211. The van der Waals surface area contributed by atoms with Gasteiger partial charge in [0.05, 0.1) is 11.0 Å². The maximum absolute atomic E-state index is 12.3. The van der Waals surface area contributed by atoms with Gasteiger partial charge in [0.2, 0.25) is 5.91 Å². The number of nitrogens with two attached hydrogens (primary N) is 1. The van der Waals surface area contributed by atoms with E-state index in [4.69, 9.17) is 18.0 Å². The van der Waals surface area contributed by atoms with E-state index in [2.05, 4.69) is 31.0 Å². The van der Waals surface area contributed by atoms with Crippen LogP contribution in [0.5, 0.6) is 0 Å². The molecule has 20 heavy (non-hydrogen) atoms. The molecule has 0 bridgehead atoms. The number of nitrogens with one attached hydrogen (secondary N) is 1. The van der Waals surface area contributed by atoms with Crippen molar-refractivity contribution in [3.63, 3.8) is 0 Å². The Morgan fingerprint density at radius 3 is 2.25 bits per heavy atom. The van der Waals surface area contributed by atoms with Gasteiger partial charge in [-0.1, -0.05) is 33.0 Å². The Balaban J connectivity index is 2.52. The Hall–Kier alpha value is -0.680. The van der Waals surface area contributed by atoms with E-state index in [1.807, 2.05) is 6.92 Å². The maximum atomic E-state index is 12.3. The summed E-state index contributed by atoms with van der Waals surface area (Å²) in [5.74, 6) is 0.137. The summed E-state index contributed by atoms with van der Waals surface area (Å²) in [6.07, 6.45) is 3.83. The van der Waals surface area contributed by atoms with Crippen molar-refractivity contribution in [3.8, 4) is 0 Å². The van der Waals surface area contributed by atoms with Crippen LogP contribution in [-0.2, 0) is 4.79 Å². The highest BCUT2D eigenvalue weighted by Gasteiger charge is 2.35. The smallest absolute Gasteiger partial charge is 0.237 e. The normalized spacial score (nSPS) is 20.6. The Labute approximate surface area is 128 Å². The van der Waals surface area contributed by atoms with Gasteiger partial charge in [0.1, 0.15) is 0 Å². The molecule has 1 aliphatic heterocycles. The van der Waals surface area contributed by atoms with Gasteiger partial charge in [-0.25, -0.2) is 0 Å². The molecule has 1 aliphatic rings. The maximum Gasteiger partial charge on any atom is 0.237 e. The van der Waals surface area contributed by atoms with E-state index in [0.717, 1.165) is 38.8 Å². The fraction of sp³-hybridized carbons (Fsp3) is 0.867. The molecular formula is C15H29N3OS. The molecule has 0 radical (unpaired) electrons. The average molecular weight is 299 g/mol. The number of carbonyl (C=O) groups is 1. The number of nitrogens with zero attached hydrogens (tertiary/aromatic N) is 1. The van der Waals surface area contributed by atoms with E-state index < -0.39 is 0 Å². The summed E-state index contributed by atoms with van der Waals surface area (Å²) in [5, 5.41) is 3.13. The summed E-state index contributed by atoms with van der Waals surface area (Å²) in [4.78, 5) is 15.1. The average Bonchev–Trinajstić information content (AvgIpc) is 2.44. The lowest BCUT2D eigenvalue weighted by molar-refractivity contribution is -0.127. The topological polar surface area (TPSA) is 58.4 Å². The summed E-state index contributed by atoms with van der Waals surface area (Å²) < 4.78 is 0. The molecule has 1 saturated heterocycles. The third-order valence-corrected chi connectivity index (χ3v) is 5.25. The van der Waals surface area contributed by atoms with Crippen molar-refractivity contribution < 1.29 is 4.79 Å². The van der Waals surface area contributed by atoms with Crippen molar-refractivity contribution in [2.24, 2.45) is 11.1 Å². The summed E-state index contributed by atoms with van der Waals surface area (Å²) >= 11 is 5.15. The molecule has 0 aromatic rings. The van der Waals surface area contributed by atoms with Gasteiger partial charge in [0.15, 0.2) is 0 Å². The summed E-state index contributed by atoms with van der Waals surface area (Å²) in [5.41, 5.74) is 5.77. The number of piperidine rings is 1. The molecule has 0 saturated carbocycles. The second kappa shape index (κ2) is 7.36. The molecule has 1 fully saturated rings. The molecule has 4 nitrogen and oxygen atoms in total. The monoisotopic (exact) mass is 299 g/mol. The first-order valence-electron chi connectivity index (χ1n) is 7.68. The third-order valence-electron chi connectivity index (χ3n) is 4.76. The van der Waals surface area contributed by atoms with E-state index >= 15 is 0 Å². The number of hydrogen-bond acceptors (Lipinski definition) is 3. The minimum absolute atomic E-state index is 0.0442. The Bertz CT molecular complexity index is 347. The van der Waals surface area contributed by atoms with Gasteiger partial charge in [-0.3, -0.25) is 9.69 Å². The second-order valence-electron chi connectivity index (χ2n) is 6.16. The van der Waals surface area contributed by atoms with E-state index in [0.29, 0.717) is 4.99 Å². The fourth-order valence-electron chi connectivity index (χ4n) is 2.63. The molecule has 1 amide bonds.